The summed E-state index contributed by atoms with van der Waals surface area (Å²) in [5.74, 6) is 0. The quantitative estimate of drug-likeness (QED) is 0.612. The minimum absolute atomic E-state index is 0.178. The number of hydrogen-bond donors (Lipinski definition) is 0. The zero-order valence-corrected chi connectivity index (χ0v) is 13.3. The molecule has 22 heavy (non-hydrogen) atoms. The molecule has 0 atom stereocenters. The van der Waals surface area contributed by atoms with Crippen molar-refractivity contribution in [1.29, 1.82) is 0 Å². The zero-order valence-electron chi connectivity index (χ0n) is 13.3. The van der Waals surface area contributed by atoms with Crippen molar-refractivity contribution in [2.45, 2.75) is 32.6 Å². The summed E-state index contributed by atoms with van der Waals surface area (Å²) < 4.78 is 1.94. The molecule has 2 nitrogen and oxygen atoms in total. The average molecular weight is 291 g/mol. The van der Waals surface area contributed by atoms with Crippen LogP contribution in [0.1, 0.15) is 43.2 Å². The topological polar surface area (TPSA) is 21.5 Å². The van der Waals surface area contributed by atoms with Crippen molar-refractivity contribution in [3.8, 4) is 11.1 Å². The van der Waals surface area contributed by atoms with E-state index >= 15 is 0 Å². The van der Waals surface area contributed by atoms with Crippen LogP contribution in [0.4, 0.5) is 0 Å². The third kappa shape index (κ3) is 2.35. The lowest BCUT2D eigenvalue weighted by molar-refractivity contribution is 0.111. The Hall–Kier alpha value is -2.35. The molecule has 0 N–H and O–H groups in total. The van der Waals surface area contributed by atoms with Gasteiger partial charge in [0.1, 0.15) is 0 Å². The molecule has 0 aliphatic heterocycles. The molecule has 3 aromatic rings. The third-order valence-corrected chi connectivity index (χ3v) is 4.69. The molecule has 0 aliphatic carbocycles. The number of rotatable bonds is 4. The van der Waals surface area contributed by atoms with E-state index in [1.165, 1.54) is 5.56 Å². The number of aldehydes is 1. The first-order valence-electron chi connectivity index (χ1n) is 7.73. The molecular formula is C20H21NO. The standard InChI is InChI=1S/C20H21NO/c1-4-20(2,3)16-10-8-15(9-11-16)18-13-17-7-5-6-12-21(17)19(18)14-22/h5-14H,4H2,1-3H3. The summed E-state index contributed by atoms with van der Waals surface area (Å²) in [5, 5.41) is 0. The smallest absolute Gasteiger partial charge is 0.167 e. The van der Waals surface area contributed by atoms with E-state index in [1.807, 2.05) is 28.8 Å². The first-order chi connectivity index (χ1) is 10.6. The summed E-state index contributed by atoms with van der Waals surface area (Å²) >= 11 is 0. The van der Waals surface area contributed by atoms with Crippen LogP contribution in [-0.4, -0.2) is 10.7 Å². The highest BCUT2D eigenvalue weighted by atomic mass is 16.1. The Morgan fingerprint density at radius 2 is 1.82 bits per heavy atom. The van der Waals surface area contributed by atoms with Gasteiger partial charge in [-0.2, -0.15) is 0 Å². The van der Waals surface area contributed by atoms with Gasteiger partial charge in [0.15, 0.2) is 6.29 Å². The van der Waals surface area contributed by atoms with E-state index in [9.17, 15) is 4.79 Å². The first-order valence-corrected chi connectivity index (χ1v) is 7.73. The van der Waals surface area contributed by atoms with Gasteiger partial charge >= 0.3 is 0 Å². The fourth-order valence-electron chi connectivity index (χ4n) is 2.80. The number of carbonyl (C=O) groups excluding carboxylic acids is 1. The molecule has 2 heteroatoms. The molecule has 0 unspecified atom stereocenters. The van der Waals surface area contributed by atoms with Gasteiger partial charge in [0.2, 0.25) is 0 Å². The Morgan fingerprint density at radius 1 is 1.09 bits per heavy atom. The Labute approximate surface area is 131 Å². The Kier molecular flexibility index (Phi) is 3.61. The molecule has 0 spiro atoms. The zero-order chi connectivity index (χ0) is 15.7. The summed E-state index contributed by atoms with van der Waals surface area (Å²) in [6, 6.07) is 16.6. The SMILES string of the molecule is CCC(C)(C)c1ccc(-c2cc3ccccn3c2C=O)cc1. The van der Waals surface area contributed by atoms with Crippen LogP contribution in [0.3, 0.4) is 0 Å². The van der Waals surface area contributed by atoms with Crippen LogP contribution in [0.5, 0.6) is 0 Å². The second kappa shape index (κ2) is 5.45. The van der Waals surface area contributed by atoms with E-state index in [2.05, 4.69) is 51.1 Å². The monoisotopic (exact) mass is 291 g/mol. The van der Waals surface area contributed by atoms with Crippen LogP contribution >= 0.6 is 0 Å². The number of aromatic nitrogens is 1. The van der Waals surface area contributed by atoms with Crippen molar-refractivity contribution in [3.05, 3.63) is 66.0 Å². The average Bonchev–Trinajstić information content (AvgIpc) is 2.93. The van der Waals surface area contributed by atoms with Crippen LogP contribution in [0.2, 0.25) is 0 Å². The Morgan fingerprint density at radius 3 is 2.45 bits per heavy atom. The molecule has 2 heterocycles. The van der Waals surface area contributed by atoms with E-state index in [4.69, 9.17) is 0 Å². The molecule has 0 amide bonds. The third-order valence-electron chi connectivity index (χ3n) is 4.69. The summed E-state index contributed by atoms with van der Waals surface area (Å²) in [6.45, 7) is 6.72. The van der Waals surface area contributed by atoms with Gasteiger partial charge in [-0.3, -0.25) is 4.79 Å². The van der Waals surface area contributed by atoms with Gasteiger partial charge in [-0.25, -0.2) is 0 Å². The number of fused-ring (bicyclic) bond motifs is 1. The van der Waals surface area contributed by atoms with Crippen molar-refractivity contribution < 1.29 is 4.79 Å². The lowest BCUT2D eigenvalue weighted by Crippen LogP contribution is -2.14. The maximum atomic E-state index is 11.5. The molecule has 2 aromatic heterocycles. The van der Waals surface area contributed by atoms with Crippen molar-refractivity contribution in [2.75, 3.05) is 0 Å². The highest BCUT2D eigenvalue weighted by Crippen LogP contribution is 2.31. The molecule has 1 aromatic carbocycles. The summed E-state index contributed by atoms with van der Waals surface area (Å²) in [7, 11) is 0. The van der Waals surface area contributed by atoms with E-state index in [1.54, 1.807) is 0 Å². The number of pyridine rings is 1. The molecule has 3 rings (SSSR count). The predicted octanol–water partition coefficient (Wildman–Crippen LogP) is 5.11. The maximum absolute atomic E-state index is 11.5. The first kappa shape index (κ1) is 14.6. The van der Waals surface area contributed by atoms with Crippen LogP contribution in [0.15, 0.2) is 54.7 Å². The number of nitrogens with zero attached hydrogens (tertiary/aromatic N) is 1. The fourth-order valence-corrected chi connectivity index (χ4v) is 2.80. The highest BCUT2D eigenvalue weighted by molar-refractivity contribution is 5.89. The van der Waals surface area contributed by atoms with Gasteiger partial charge in [0.25, 0.3) is 0 Å². The summed E-state index contributed by atoms with van der Waals surface area (Å²) in [4.78, 5) is 11.5. The molecule has 0 saturated carbocycles. The van der Waals surface area contributed by atoms with E-state index in [-0.39, 0.29) is 5.41 Å². The molecule has 0 saturated heterocycles. The van der Waals surface area contributed by atoms with Gasteiger partial charge in [-0.1, -0.05) is 51.1 Å². The molecular weight excluding hydrogens is 270 g/mol. The van der Waals surface area contributed by atoms with Crippen molar-refractivity contribution in [1.82, 2.24) is 4.40 Å². The van der Waals surface area contributed by atoms with E-state index in [0.717, 1.165) is 29.4 Å². The molecule has 0 bridgehead atoms. The van der Waals surface area contributed by atoms with Crippen molar-refractivity contribution in [2.24, 2.45) is 0 Å². The minimum Gasteiger partial charge on any atom is -0.314 e. The van der Waals surface area contributed by atoms with Gasteiger partial charge in [0.05, 0.1) is 5.69 Å². The number of hydrogen-bond acceptors (Lipinski definition) is 1. The molecule has 0 fully saturated rings. The van der Waals surface area contributed by atoms with Gasteiger partial charge in [-0.15, -0.1) is 0 Å². The van der Waals surface area contributed by atoms with Gasteiger partial charge < -0.3 is 4.40 Å². The number of benzene rings is 1. The lowest BCUT2D eigenvalue weighted by atomic mass is 9.82. The lowest BCUT2D eigenvalue weighted by Gasteiger charge is -2.23. The molecule has 112 valence electrons. The fraction of sp³-hybridized carbons (Fsp3) is 0.250. The predicted molar refractivity (Wildman–Crippen MR) is 91.5 cm³/mol. The van der Waals surface area contributed by atoms with Gasteiger partial charge in [0, 0.05) is 17.3 Å². The summed E-state index contributed by atoms with van der Waals surface area (Å²) in [6.07, 6.45) is 3.96. The van der Waals surface area contributed by atoms with Crippen molar-refractivity contribution in [3.63, 3.8) is 0 Å². The largest absolute Gasteiger partial charge is 0.314 e. The van der Waals surface area contributed by atoms with Crippen LogP contribution < -0.4 is 0 Å². The van der Waals surface area contributed by atoms with Crippen LogP contribution in [-0.2, 0) is 5.41 Å². The number of carbonyl (C=O) groups is 1. The Balaban J connectivity index is 2.10. The van der Waals surface area contributed by atoms with E-state index in [0.29, 0.717) is 5.69 Å². The highest BCUT2D eigenvalue weighted by Gasteiger charge is 2.18. The summed E-state index contributed by atoms with van der Waals surface area (Å²) in [5.41, 5.74) is 5.33. The minimum atomic E-state index is 0.178. The maximum Gasteiger partial charge on any atom is 0.167 e. The van der Waals surface area contributed by atoms with Crippen LogP contribution in [0, 0.1) is 0 Å². The Bertz CT molecular complexity index is 809. The second-order valence-corrected chi connectivity index (χ2v) is 6.37. The van der Waals surface area contributed by atoms with Crippen molar-refractivity contribution >= 4 is 11.8 Å². The van der Waals surface area contributed by atoms with Crippen LogP contribution in [0.25, 0.3) is 16.6 Å². The second-order valence-electron chi connectivity index (χ2n) is 6.37. The van der Waals surface area contributed by atoms with Gasteiger partial charge in [-0.05, 0) is 41.2 Å². The van der Waals surface area contributed by atoms with E-state index < -0.39 is 0 Å². The normalized spacial score (nSPS) is 11.8. The molecule has 0 aliphatic rings. The molecule has 0 radical (unpaired) electrons.